The monoisotopic (exact) mass is 422 g/mol. The van der Waals surface area contributed by atoms with Gasteiger partial charge >= 0.3 is 0 Å². The van der Waals surface area contributed by atoms with Crippen LogP contribution < -0.4 is 0 Å². The fourth-order valence-corrected chi connectivity index (χ4v) is 7.80. The van der Waals surface area contributed by atoms with Crippen LogP contribution in [0.25, 0.3) is 108 Å². The Morgan fingerprint density at radius 1 is 0.206 bits per heavy atom. The van der Waals surface area contributed by atoms with Crippen molar-refractivity contribution in [1.82, 2.24) is 0 Å². The smallest absolute Gasteiger partial charge is 0.00134 e. The van der Waals surface area contributed by atoms with Crippen molar-refractivity contribution < 1.29 is 0 Å². The minimum atomic E-state index is 1.37. The van der Waals surface area contributed by atoms with Crippen molar-refractivity contribution in [2.45, 2.75) is 0 Å². The summed E-state index contributed by atoms with van der Waals surface area (Å²) in [4.78, 5) is 0. The zero-order valence-electron chi connectivity index (χ0n) is 18.1. The standard InChI is InChI=1S/C34H14/c1-2-16-6-10-20-28(16)27-15(1)5-9-19(27)31-23-13-25-26(14-24(23)32(20)31)34-22-12-8-18-4-3-17-7-11-21(33(25)34)29(17)30(18)22/h1-14H. The van der Waals surface area contributed by atoms with Gasteiger partial charge in [0.15, 0.2) is 0 Å². The Bertz CT molecular complexity index is 2220. The molecule has 0 aliphatic carbocycles. The number of benzene rings is 5. The van der Waals surface area contributed by atoms with E-state index in [0.29, 0.717) is 0 Å². The molecular weight excluding hydrogens is 408 g/mol. The SMILES string of the molecule is c1cc2ccc3c2c2c1ccc2c1c2cc4c(cc2c31)c1c2ccc3ccc5ccc(c5c32)c41. The molecule has 0 atom stereocenters. The van der Waals surface area contributed by atoms with E-state index in [4.69, 9.17) is 0 Å². The molecule has 0 saturated heterocycles. The quantitative estimate of drug-likeness (QED) is 0.228. The van der Waals surface area contributed by atoms with Crippen LogP contribution in [0.15, 0.2) is 84.9 Å². The van der Waals surface area contributed by atoms with E-state index in [1.165, 1.54) is 108 Å². The number of hydrogen-bond donors (Lipinski definition) is 0. The number of fused-ring (bicyclic) bond motifs is 12. The summed E-state index contributed by atoms with van der Waals surface area (Å²) in [5.41, 5.74) is 0. The molecular formula is C34H14. The van der Waals surface area contributed by atoms with Crippen LogP contribution in [0.1, 0.15) is 0 Å². The van der Waals surface area contributed by atoms with Crippen LogP contribution >= 0.6 is 0 Å². The van der Waals surface area contributed by atoms with Crippen molar-refractivity contribution in [2.75, 3.05) is 0 Å². The normalized spacial score (nSPS) is 13.9. The van der Waals surface area contributed by atoms with Crippen molar-refractivity contribution in [1.29, 1.82) is 0 Å². The summed E-state index contributed by atoms with van der Waals surface area (Å²) in [6.45, 7) is 0. The Kier molecular flexibility index (Phi) is 2.04. The topological polar surface area (TPSA) is 0 Å². The van der Waals surface area contributed by atoms with Crippen LogP contribution in [0.4, 0.5) is 0 Å². The van der Waals surface area contributed by atoms with E-state index in [1.54, 1.807) is 0 Å². The van der Waals surface area contributed by atoms with Gasteiger partial charge in [-0.25, -0.2) is 0 Å². The van der Waals surface area contributed by atoms with Crippen LogP contribution in [0.5, 0.6) is 0 Å². The zero-order valence-corrected chi connectivity index (χ0v) is 18.1. The van der Waals surface area contributed by atoms with Gasteiger partial charge in [-0.1, -0.05) is 72.8 Å². The molecule has 0 aliphatic heterocycles. The fourth-order valence-electron chi connectivity index (χ4n) is 7.80. The third-order valence-corrected chi connectivity index (χ3v) is 9.15. The maximum Gasteiger partial charge on any atom is -0.00134 e. The van der Waals surface area contributed by atoms with Gasteiger partial charge in [0.25, 0.3) is 0 Å². The molecule has 0 saturated carbocycles. The van der Waals surface area contributed by atoms with Crippen molar-refractivity contribution in [3.8, 4) is 0 Å². The molecule has 0 radical (unpaired) electrons. The summed E-state index contributed by atoms with van der Waals surface area (Å²) in [5, 5.41) is 28.6. The van der Waals surface area contributed by atoms with E-state index in [0.717, 1.165) is 0 Å². The summed E-state index contributed by atoms with van der Waals surface area (Å²) in [7, 11) is 0. The first kappa shape index (κ1) is 15.4. The molecule has 0 heterocycles. The Morgan fingerprint density at radius 3 is 0.706 bits per heavy atom. The largest absolute Gasteiger partial charge is 0.0537 e. The summed E-state index contributed by atoms with van der Waals surface area (Å²) >= 11 is 0. The molecule has 11 rings (SSSR count). The zero-order chi connectivity index (χ0) is 21.4. The summed E-state index contributed by atoms with van der Waals surface area (Å²) in [6.07, 6.45) is 0. The van der Waals surface area contributed by atoms with E-state index in [2.05, 4.69) is 84.9 Å². The molecule has 0 bridgehead atoms. The molecule has 0 fully saturated rings. The number of hydrogen-bond acceptors (Lipinski definition) is 0. The molecule has 0 unspecified atom stereocenters. The second-order valence-electron chi connectivity index (χ2n) is 10.4. The van der Waals surface area contributed by atoms with Crippen LogP contribution in [0.2, 0.25) is 0 Å². The predicted octanol–water partition coefficient (Wildman–Crippen LogP) is 9.85. The Morgan fingerprint density at radius 2 is 0.441 bits per heavy atom. The molecule has 0 spiro atoms. The van der Waals surface area contributed by atoms with Gasteiger partial charge < -0.3 is 0 Å². The second kappa shape index (κ2) is 4.49. The minimum Gasteiger partial charge on any atom is -0.0537 e. The highest BCUT2D eigenvalue weighted by molar-refractivity contribution is 6.51. The second-order valence-corrected chi connectivity index (χ2v) is 10.4. The predicted molar refractivity (Wildman–Crippen MR) is 149 cm³/mol. The molecule has 0 heteroatoms. The molecule has 0 nitrogen and oxygen atoms in total. The molecule has 0 N–H and O–H groups in total. The average Bonchev–Trinajstić information content (AvgIpc) is 3.61. The van der Waals surface area contributed by atoms with Gasteiger partial charge in [0.2, 0.25) is 0 Å². The lowest BCUT2D eigenvalue weighted by atomic mass is 9.81. The van der Waals surface area contributed by atoms with Gasteiger partial charge in [-0.05, 0) is 120 Å². The number of rotatable bonds is 0. The highest BCUT2D eigenvalue weighted by Gasteiger charge is 2.25. The van der Waals surface area contributed by atoms with Crippen molar-refractivity contribution in [3.05, 3.63) is 84.9 Å². The Labute approximate surface area is 192 Å². The van der Waals surface area contributed by atoms with Gasteiger partial charge in [0.05, 0.1) is 0 Å². The Hall–Kier alpha value is -4.42. The van der Waals surface area contributed by atoms with Crippen LogP contribution in [0, 0.1) is 0 Å². The maximum absolute atomic E-state index is 2.50. The average molecular weight is 422 g/mol. The van der Waals surface area contributed by atoms with Crippen molar-refractivity contribution in [2.24, 2.45) is 0 Å². The van der Waals surface area contributed by atoms with E-state index in [-0.39, 0.29) is 0 Å². The van der Waals surface area contributed by atoms with Crippen LogP contribution in [-0.2, 0) is 0 Å². The summed E-state index contributed by atoms with van der Waals surface area (Å²) < 4.78 is 0. The lowest BCUT2D eigenvalue weighted by Crippen LogP contribution is -1.93. The van der Waals surface area contributed by atoms with E-state index >= 15 is 0 Å². The maximum atomic E-state index is 2.50. The molecule has 0 aliphatic rings. The van der Waals surface area contributed by atoms with E-state index in [1.807, 2.05) is 0 Å². The molecule has 11 aromatic carbocycles. The fraction of sp³-hybridized carbons (Fsp3) is 0. The third-order valence-electron chi connectivity index (χ3n) is 9.15. The third kappa shape index (κ3) is 1.32. The minimum absolute atomic E-state index is 1.37. The Balaban J connectivity index is 1.42. The molecule has 34 heavy (non-hydrogen) atoms. The lowest BCUT2D eigenvalue weighted by molar-refractivity contribution is 1.95. The summed E-state index contributed by atoms with van der Waals surface area (Å²) in [5.74, 6) is 0. The molecule has 0 aromatic heterocycles. The van der Waals surface area contributed by atoms with Crippen molar-refractivity contribution >= 4 is 108 Å². The van der Waals surface area contributed by atoms with Gasteiger partial charge in [0.1, 0.15) is 0 Å². The highest BCUT2D eigenvalue weighted by atomic mass is 14.3. The molecule has 11 aromatic rings. The first-order chi connectivity index (χ1) is 16.9. The van der Waals surface area contributed by atoms with Gasteiger partial charge in [-0.15, -0.1) is 0 Å². The molecule has 0 amide bonds. The molecule has 150 valence electrons. The first-order valence-corrected chi connectivity index (χ1v) is 12.1. The van der Waals surface area contributed by atoms with Crippen LogP contribution in [-0.4, -0.2) is 0 Å². The van der Waals surface area contributed by atoms with Crippen molar-refractivity contribution in [3.63, 3.8) is 0 Å². The summed E-state index contributed by atoms with van der Waals surface area (Å²) in [6, 6.07) is 32.7. The van der Waals surface area contributed by atoms with E-state index < -0.39 is 0 Å². The lowest BCUT2D eigenvalue weighted by Gasteiger charge is -2.21. The highest BCUT2D eigenvalue weighted by Crippen LogP contribution is 2.54. The first-order valence-electron chi connectivity index (χ1n) is 12.1. The van der Waals surface area contributed by atoms with Gasteiger partial charge in [-0.2, -0.15) is 0 Å². The van der Waals surface area contributed by atoms with Crippen LogP contribution in [0.3, 0.4) is 0 Å². The van der Waals surface area contributed by atoms with Gasteiger partial charge in [-0.3, -0.25) is 0 Å². The van der Waals surface area contributed by atoms with E-state index in [9.17, 15) is 0 Å². The van der Waals surface area contributed by atoms with Gasteiger partial charge in [0, 0.05) is 0 Å².